The SMILES string of the molecule is Br.CCOc1ccc(C2=CS/C(=C(/C#N)c3nnc4n3CCCCC4)N2Cc2ccccc2)cc1. The summed E-state index contributed by atoms with van der Waals surface area (Å²) in [7, 11) is 0. The molecule has 0 fully saturated rings. The van der Waals surface area contributed by atoms with Crippen LogP contribution in [0.5, 0.6) is 5.75 Å². The molecular formula is C27H28BrN5OS. The standard InChI is InChI=1S/C27H27N5OS.BrH/c1-2-33-22-14-12-21(13-15-22)24-19-34-27(32(24)18-20-9-5-3-6-10-20)23(17-28)26-30-29-25-11-7-4-8-16-31(25)26;/h3,5-6,9-10,12-15,19H,2,4,7-8,11,16,18H2,1H3;1H/b27-23-;. The van der Waals surface area contributed by atoms with E-state index in [1.807, 2.05) is 37.3 Å². The highest BCUT2D eigenvalue weighted by molar-refractivity contribution is 8.93. The summed E-state index contributed by atoms with van der Waals surface area (Å²) >= 11 is 1.58. The molecule has 0 radical (unpaired) electrons. The van der Waals surface area contributed by atoms with Crippen LogP contribution in [0.3, 0.4) is 0 Å². The van der Waals surface area contributed by atoms with Crippen LogP contribution in [0.15, 0.2) is 65.0 Å². The van der Waals surface area contributed by atoms with Crippen LogP contribution in [0, 0.1) is 11.3 Å². The van der Waals surface area contributed by atoms with Gasteiger partial charge in [-0.25, -0.2) is 0 Å². The van der Waals surface area contributed by atoms with Gasteiger partial charge in [-0.05, 0) is 55.2 Å². The van der Waals surface area contributed by atoms with Crippen LogP contribution in [0.1, 0.15) is 49.0 Å². The zero-order valence-corrected chi connectivity index (χ0v) is 22.2. The maximum atomic E-state index is 10.3. The molecule has 0 saturated carbocycles. The molecule has 35 heavy (non-hydrogen) atoms. The van der Waals surface area contributed by atoms with Crippen LogP contribution in [0.4, 0.5) is 0 Å². The summed E-state index contributed by atoms with van der Waals surface area (Å²) in [4.78, 5) is 2.23. The van der Waals surface area contributed by atoms with Crippen molar-refractivity contribution in [2.45, 2.75) is 45.7 Å². The van der Waals surface area contributed by atoms with Crippen LogP contribution in [-0.2, 0) is 19.5 Å². The lowest BCUT2D eigenvalue weighted by atomic mass is 10.1. The van der Waals surface area contributed by atoms with Gasteiger partial charge in [-0.2, -0.15) is 5.26 Å². The summed E-state index contributed by atoms with van der Waals surface area (Å²) in [5.74, 6) is 2.52. The highest BCUT2D eigenvalue weighted by atomic mass is 79.9. The molecule has 0 unspecified atom stereocenters. The number of aryl methyl sites for hydroxylation is 1. The smallest absolute Gasteiger partial charge is 0.177 e. The van der Waals surface area contributed by atoms with Crippen molar-refractivity contribution in [3.05, 3.63) is 87.8 Å². The molecule has 0 spiro atoms. The first-order valence-corrected chi connectivity index (χ1v) is 12.6. The van der Waals surface area contributed by atoms with Gasteiger partial charge in [0.05, 0.1) is 12.3 Å². The van der Waals surface area contributed by atoms with E-state index >= 15 is 0 Å². The summed E-state index contributed by atoms with van der Waals surface area (Å²) in [5, 5.41) is 22.2. The third-order valence-corrected chi connectivity index (χ3v) is 7.11. The minimum absolute atomic E-state index is 0. The summed E-state index contributed by atoms with van der Waals surface area (Å²) in [5.41, 5.74) is 3.91. The molecule has 0 atom stereocenters. The Hall–Kier alpha value is -3.02. The molecule has 0 amide bonds. The molecule has 2 aromatic carbocycles. The molecule has 0 bridgehead atoms. The molecule has 180 valence electrons. The minimum Gasteiger partial charge on any atom is -0.494 e. The number of aromatic nitrogens is 3. The second kappa shape index (κ2) is 11.6. The number of nitrogens with zero attached hydrogens (tertiary/aromatic N) is 5. The number of hydrogen-bond acceptors (Lipinski definition) is 6. The zero-order valence-electron chi connectivity index (χ0n) is 19.7. The first-order valence-electron chi connectivity index (χ1n) is 11.8. The van der Waals surface area contributed by atoms with Gasteiger partial charge in [-0.1, -0.05) is 48.5 Å². The normalized spacial score (nSPS) is 16.5. The van der Waals surface area contributed by atoms with Crippen molar-refractivity contribution >= 4 is 40.0 Å². The van der Waals surface area contributed by atoms with Crippen molar-refractivity contribution in [3.8, 4) is 11.8 Å². The number of fused-ring (bicyclic) bond motifs is 1. The first-order chi connectivity index (χ1) is 16.8. The fourth-order valence-corrected chi connectivity index (χ4v) is 5.47. The third-order valence-electron chi connectivity index (χ3n) is 6.12. The van der Waals surface area contributed by atoms with Crippen molar-refractivity contribution in [2.75, 3.05) is 6.61 Å². The topological polar surface area (TPSA) is 67.0 Å². The Balaban J connectivity index is 0.00000289. The second-order valence-electron chi connectivity index (χ2n) is 8.34. The number of nitriles is 1. The van der Waals surface area contributed by atoms with E-state index in [2.05, 4.69) is 55.4 Å². The molecular weight excluding hydrogens is 522 g/mol. The average Bonchev–Trinajstić information content (AvgIpc) is 3.37. The molecule has 3 aromatic rings. The predicted molar refractivity (Wildman–Crippen MR) is 146 cm³/mol. The Morgan fingerprint density at radius 1 is 1.06 bits per heavy atom. The number of thioether (sulfide) groups is 1. The van der Waals surface area contributed by atoms with Gasteiger partial charge in [0.2, 0.25) is 0 Å². The van der Waals surface area contributed by atoms with Crippen LogP contribution >= 0.6 is 28.7 Å². The number of ether oxygens (including phenoxy) is 1. The summed E-state index contributed by atoms with van der Waals surface area (Å²) in [6.45, 7) is 4.14. The number of rotatable bonds is 6. The van der Waals surface area contributed by atoms with E-state index in [4.69, 9.17) is 4.74 Å². The lowest BCUT2D eigenvalue weighted by molar-refractivity contribution is 0.340. The number of hydrogen-bond donors (Lipinski definition) is 0. The van der Waals surface area contributed by atoms with Gasteiger partial charge < -0.3 is 14.2 Å². The van der Waals surface area contributed by atoms with E-state index in [9.17, 15) is 5.26 Å². The Bertz CT molecular complexity index is 1260. The van der Waals surface area contributed by atoms with Crippen LogP contribution in [0.25, 0.3) is 11.3 Å². The van der Waals surface area contributed by atoms with Gasteiger partial charge in [0, 0.05) is 24.9 Å². The molecule has 8 heteroatoms. The third kappa shape index (κ3) is 5.31. The predicted octanol–water partition coefficient (Wildman–Crippen LogP) is 6.42. The quantitative estimate of drug-likeness (QED) is 0.330. The maximum Gasteiger partial charge on any atom is 0.177 e. The molecule has 6 nitrogen and oxygen atoms in total. The van der Waals surface area contributed by atoms with Crippen molar-refractivity contribution in [3.63, 3.8) is 0 Å². The van der Waals surface area contributed by atoms with E-state index in [1.54, 1.807) is 11.8 Å². The molecule has 5 rings (SSSR count). The first kappa shape index (κ1) is 25.1. The lowest BCUT2D eigenvalue weighted by Crippen LogP contribution is -2.18. The number of allylic oxidation sites excluding steroid dienone is 1. The Morgan fingerprint density at radius 3 is 2.60 bits per heavy atom. The summed E-state index contributed by atoms with van der Waals surface area (Å²) in [6.07, 6.45) is 4.30. The van der Waals surface area contributed by atoms with Gasteiger partial charge in [0.25, 0.3) is 0 Å². The van der Waals surface area contributed by atoms with Crippen molar-refractivity contribution in [2.24, 2.45) is 0 Å². The fraction of sp³-hybridized carbons (Fsp3) is 0.296. The lowest BCUT2D eigenvalue weighted by Gasteiger charge is -2.25. The Morgan fingerprint density at radius 2 is 1.86 bits per heavy atom. The summed E-state index contributed by atoms with van der Waals surface area (Å²) < 4.78 is 7.77. The van der Waals surface area contributed by atoms with E-state index in [-0.39, 0.29) is 17.0 Å². The molecule has 2 aliphatic rings. The van der Waals surface area contributed by atoms with Crippen molar-refractivity contribution < 1.29 is 4.74 Å². The summed E-state index contributed by atoms with van der Waals surface area (Å²) in [6, 6.07) is 21.0. The van der Waals surface area contributed by atoms with Crippen molar-refractivity contribution in [1.82, 2.24) is 19.7 Å². The maximum absolute atomic E-state index is 10.3. The van der Waals surface area contributed by atoms with E-state index < -0.39 is 0 Å². The van der Waals surface area contributed by atoms with Crippen molar-refractivity contribution in [1.29, 1.82) is 5.26 Å². The Kier molecular flexibility index (Phi) is 8.32. The molecule has 0 saturated heterocycles. The largest absolute Gasteiger partial charge is 0.494 e. The molecule has 1 aromatic heterocycles. The highest BCUT2D eigenvalue weighted by Crippen LogP contribution is 2.44. The van der Waals surface area contributed by atoms with Gasteiger partial charge in [0.15, 0.2) is 5.82 Å². The van der Waals surface area contributed by atoms with Crippen LogP contribution in [0.2, 0.25) is 0 Å². The highest BCUT2D eigenvalue weighted by Gasteiger charge is 2.29. The van der Waals surface area contributed by atoms with Gasteiger partial charge in [-0.3, -0.25) is 0 Å². The minimum atomic E-state index is 0. The molecule has 3 heterocycles. The zero-order chi connectivity index (χ0) is 23.3. The second-order valence-corrected chi connectivity index (χ2v) is 9.20. The average molecular weight is 551 g/mol. The van der Waals surface area contributed by atoms with Crippen LogP contribution < -0.4 is 4.74 Å². The molecule has 2 aliphatic heterocycles. The fourth-order valence-electron chi connectivity index (χ4n) is 4.44. The molecule has 0 aliphatic carbocycles. The number of benzene rings is 2. The molecule has 0 N–H and O–H groups in total. The Labute approximate surface area is 221 Å². The van der Waals surface area contributed by atoms with E-state index in [0.717, 1.165) is 53.7 Å². The van der Waals surface area contributed by atoms with Gasteiger partial charge in [0.1, 0.15) is 28.2 Å². The number of halogens is 1. The van der Waals surface area contributed by atoms with Gasteiger partial charge >= 0.3 is 0 Å². The monoisotopic (exact) mass is 549 g/mol. The van der Waals surface area contributed by atoms with Crippen LogP contribution in [-0.4, -0.2) is 26.3 Å². The van der Waals surface area contributed by atoms with E-state index in [0.29, 0.717) is 24.5 Å². The van der Waals surface area contributed by atoms with Gasteiger partial charge in [-0.15, -0.1) is 27.2 Å². The van der Waals surface area contributed by atoms with E-state index in [1.165, 1.54) is 12.0 Å².